The van der Waals surface area contributed by atoms with Gasteiger partial charge in [-0.1, -0.05) is 0 Å². The fraction of sp³-hybridized carbons (Fsp3) is 0.217. The van der Waals surface area contributed by atoms with Crippen LogP contribution in [0.25, 0.3) is 28.3 Å². The number of halogens is 1. The van der Waals surface area contributed by atoms with Gasteiger partial charge in [0.1, 0.15) is 23.2 Å². The van der Waals surface area contributed by atoms with E-state index in [1.54, 1.807) is 16.6 Å². The van der Waals surface area contributed by atoms with Gasteiger partial charge in [0, 0.05) is 38.1 Å². The van der Waals surface area contributed by atoms with Crippen LogP contribution in [0.4, 0.5) is 10.2 Å². The van der Waals surface area contributed by atoms with Gasteiger partial charge < -0.3 is 14.5 Å². The summed E-state index contributed by atoms with van der Waals surface area (Å²) in [4.78, 5) is 13.4. The number of nitrogens with zero attached hydrogens (tertiary/aromatic N) is 7. The lowest BCUT2D eigenvalue weighted by Crippen LogP contribution is -2.06. The molecule has 0 radical (unpaired) electrons. The molecule has 9 heteroatoms. The Morgan fingerprint density at radius 1 is 1.00 bits per heavy atom. The molecule has 0 saturated carbocycles. The molecule has 4 heterocycles. The molecule has 0 bridgehead atoms. The van der Waals surface area contributed by atoms with E-state index >= 15 is 0 Å². The van der Waals surface area contributed by atoms with Gasteiger partial charge in [-0.15, -0.1) is 0 Å². The first-order valence-electron chi connectivity index (χ1n) is 10.5. The lowest BCUT2D eigenvalue weighted by molar-refractivity contribution is 0.557. The van der Waals surface area contributed by atoms with Gasteiger partial charge in [-0.2, -0.15) is 5.10 Å². The van der Waals surface area contributed by atoms with Crippen LogP contribution in [0.1, 0.15) is 12.2 Å². The topological polar surface area (TPSA) is 77.9 Å². The summed E-state index contributed by atoms with van der Waals surface area (Å²) in [5.41, 5.74) is 4.02. The zero-order chi connectivity index (χ0) is 22.1. The van der Waals surface area contributed by atoms with Gasteiger partial charge in [0.25, 0.3) is 0 Å². The van der Waals surface area contributed by atoms with Crippen molar-refractivity contribution in [3.05, 3.63) is 73.0 Å². The average molecular weight is 430 g/mol. The number of rotatable bonds is 7. The Morgan fingerprint density at radius 3 is 2.56 bits per heavy atom. The van der Waals surface area contributed by atoms with Crippen molar-refractivity contribution in [3.8, 4) is 22.6 Å². The van der Waals surface area contributed by atoms with Crippen molar-refractivity contribution >= 4 is 11.5 Å². The Labute approximate surface area is 184 Å². The summed E-state index contributed by atoms with van der Waals surface area (Å²) in [5.74, 6) is 1.47. The number of imidazole rings is 3. The predicted octanol–water partition coefficient (Wildman–Crippen LogP) is 4.04. The quantitative estimate of drug-likeness (QED) is 0.422. The summed E-state index contributed by atoms with van der Waals surface area (Å²) in [6.07, 6.45) is 8.38. The molecule has 0 unspecified atom stereocenters. The molecule has 1 N–H and O–H groups in total. The third-order valence-corrected chi connectivity index (χ3v) is 5.50. The lowest BCUT2D eigenvalue weighted by atomic mass is 10.1. The monoisotopic (exact) mass is 430 g/mol. The van der Waals surface area contributed by atoms with Crippen molar-refractivity contribution in [2.24, 2.45) is 0 Å². The molecule has 0 aliphatic heterocycles. The van der Waals surface area contributed by atoms with Crippen LogP contribution in [0.2, 0.25) is 0 Å². The highest BCUT2D eigenvalue weighted by Crippen LogP contribution is 2.31. The Morgan fingerprint density at radius 2 is 1.81 bits per heavy atom. The Hall–Kier alpha value is -4.01. The molecule has 0 fully saturated rings. The number of fused-ring (bicyclic) bond motifs is 1. The van der Waals surface area contributed by atoms with Gasteiger partial charge in [0.15, 0.2) is 5.65 Å². The number of hydrogen-bond acceptors (Lipinski definition) is 5. The van der Waals surface area contributed by atoms with E-state index in [-0.39, 0.29) is 5.82 Å². The molecule has 0 atom stereocenters. The standard InChI is InChI=1S/C23H23FN8/c1-16-26-10-13-30(16)11-3-12-31-15-27-22(17-4-6-18(24)7-5-17)23(31)19-8-9-21-28-20(25-2)14-32(21)29-19/h4-10,13-15,25H,3,11-12H2,1-2H3. The van der Waals surface area contributed by atoms with E-state index in [9.17, 15) is 4.39 Å². The molecular formula is C23H23FN8. The van der Waals surface area contributed by atoms with Crippen molar-refractivity contribution in [3.63, 3.8) is 0 Å². The second kappa shape index (κ2) is 8.26. The summed E-state index contributed by atoms with van der Waals surface area (Å²) >= 11 is 0. The van der Waals surface area contributed by atoms with E-state index in [2.05, 4.69) is 29.4 Å². The minimum atomic E-state index is -0.275. The number of anilines is 1. The van der Waals surface area contributed by atoms with Gasteiger partial charge in [-0.05, 0) is 49.7 Å². The first-order valence-corrected chi connectivity index (χ1v) is 10.5. The van der Waals surface area contributed by atoms with Crippen molar-refractivity contribution in [2.45, 2.75) is 26.4 Å². The molecule has 4 aromatic heterocycles. The third kappa shape index (κ3) is 3.73. The van der Waals surface area contributed by atoms with Crippen LogP contribution in [-0.4, -0.2) is 40.7 Å². The van der Waals surface area contributed by atoms with Gasteiger partial charge in [-0.3, -0.25) is 0 Å². The Balaban J connectivity index is 1.53. The zero-order valence-electron chi connectivity index (χ0n) is 17.9. The fourth-order valence-corrected chi connectivity index (χ4v) is 3.82. The number of aromatic nitrogens is 7. The van der Waals surface area contributed by atoms with Crippen LogP contribution < -0.4 is 5.32 Å². The lowest BCUT2D eigenvalue weighted by Gasteiger charge is -2.11. The van der Waals surface area contributed by atoms with Crippen LogP contribution >= 0.6 is 0 Å². The molecule has 0 aliphatic rings. The van der Waals surface area contributed by atoms with E-state index in [0.29, 0.717) is 0 Å². The van der Waals surface area contributed by atoms with Gasteiger partial charge in [0.2, 0.25) is 0 Å². The van der Waals surface area contributed by atoms with Gasteiger partial charge >= 0.3 is 0 Å². The number of benzene rings is 1. The second-order valence-corrected chi connectivity index (χ2v) is 7.56. The summed E-state index contributed by atoms with van der Waals surface area (Å²) in [6.45, 7) is 3.61. The van der Waals surface area contributed by atoms with E-state index in [4.69, 9.17) is 5.10 Å². The maximum Gasteiger partial charge on any atom is 0.156 e. The van der Waals surface area contributed by atoms with Crippen molar-refractivity contribution in [2.75, 3.05) is 12.4 Å². The largest absolute Gasteiger partial charge is 0.372 e. The molecule has 1 aromatic carbocycles. The smallest absolute Gasteiger partial charge is 0.156 e. The Bertz CT molecular complexity index is 1360. The van der Waals surface area contributed by atoms with Gasteiger partial charge in [0.05, 0.1) is 23.9 Å². The number of aryl methyl sites for hydroxylation is 3. The number of nitrogens with one attached hydrogen (secondary N) is 1. The third-order valence-electron chi connectivity index (χ3n) is 5.50. The van der Waals surface area contributed by atoms with E-state index in [1.807, 2.05) is 51.0 Å². The van der Waals surface area contributed by atoms with Crippen LogP contribution in [0, 0.1) is 12.7 Å². The first-order chi connectivity index (χ1) is 15.6. The SMILES string of the molecule is CNc1cn2nc(-c3c(-c4ccc(F)cc4)ncn3CCCn3ccnc3C)ccc2n1. The molecule has 0 aliphatic carbocycles. The zero-order valence-corrected chi connectivity index (χ0v) is 17.9. The summed E-state index contributed by atoms with van der Waals surface area (Å²) in [7, 11) is 1.83. The number of hydrogen-bond donors (Lipinski definition) is 1. The van der Waals surface area contributed by atoms with Crippen LogP contribution in [0.3, 0.4) is 0 Å². The molecule has 8 nitrogen and oxygen atoms in total. The molecule has 0 saturated heterocycles. The second-order valence-electron chi connectivity index (χ2n) is 7.56. The molecule has 0 spiro atoms. The van der Waals surface area contributed by atoms with Crippen LogP contribution in [-0.2, 0) is 13.1 Å². The molecule has 5 aromatic rings. The van der Waals surface area contributed by atoms with Crippen LogP contribution in [0.5, 0.6) is 0 Å². The molecular weight excluding hydrogens is 407 g/mol. The maximum absolute atomic E-state index is 13.5. The normalized spacial score (nSPS) is 11.3. The Kier molecular flexibility index (Phi) is 5.14. The maximum atomic E-state index is 13.5. The molecule has 0 amide bonds. The molecule has 162 valence electrons. The van der Waals surface area contributed by atoms with Crippen molar-refractivity contribution in [1.82, 2.24) is 33.7 Å². The highest BCUT2D eigenvalue weighted by Gasteiger charge is 2.17. The molecule has 32 heavy (non-hydrogen) atoms. The van der Waals surface area contributed by atoms with Crippen molar-refractivity contribution in [1.29, 1.82) is 0 Å². The van der Waals surface area contributed by atoms with Gasteiger partial charge in [-0.25, -0.2) is 23.9 Å². The van der Waals surface area contributed by atoms with E-state index in [0.717, 1.165) is 59.4 Å². The van der Waals surface area contributed by atoms with Crippen LogP contribution in [0.15, 0.2) is 61.3 Å². The molecule has 5 rings (SSSR count). The van der Waals surface area contributed by atoms with Crippen molar-refractivity contribution < 1.29 is 4.39 Å². The predicted molar refractivity (Wildman–Crippen MR) is 121 cm³/mol. The van der Waals surface area contributed by atoms with E-state index < -0.39 is 0 Å². The first kappa shape index (κ1) is 19.9. The summed E-state index contributed by atoms with van der Waals surface area (Å²) in [5, 5.41) is 7.82. The van der Waals surface area contributed by atoms with E-state index in [1.165, 1.54) is 12.1 Å². The average Bonchev–Trinajstić information content (AvgIpc) is 3.52. The summed E-state index contributed by atoms with van der Waals surface area (Å²) in [6, 6.07) is 10.3. The highest BCUT2D eigenvalue weighted by molar-refractivity contribution is 5.77. The minimum absolute atomic E-state index is 0.275. The fourth-order valence-electron chi connectivity index (χ4n) is 3.82. The summed E-state index contributed by atoms with van der Waals surface area (Å²) < 4.78 is 19.5. The minimum Gasteiger partial charge on any atom is -0.372 e. The highest BCUT2D eigenvalue weighted by atomic mass is 19.1.